The van der Waals surface area contributed by atoms with Crippen LogP contribution in [0.25, 0.3) is 0 Å². The molecule has 4 heterocycles. The van der Waals surface area contributed by atoms with E-state index < -0.39 is 0 Å². The maximum Gasteiger partial charge on any atom is 0.257 e. The van der Waals surface area contributed by atoms with E-state index in [1.807, 2.05) is 20.0 Å². The summed E-state index contributed by atoms with van der Waals surface area (Å²) in [7, 11) is 0. The summed E-state index contributed by atoms with van der Waals surface area (Å²) in [5.74, 6) is 1.43. The van der Waals surface area contributed by atoms with E-state index in [-0.39, 0.29) is 11.9 Å². The van der Waals surface area contributed by atoms with E-state index >= 15 is 0 Å². The number of fused-ring (bicyclic) bond motifs is 1. The molecule has 0 aliphatic carbocycles. The highest BCUT2D eigenvalue weighted by Gasteiger charge is 2.27. The van der Waals surface area contributed by atoms with Crippen molar-refractivity contribution in [2.45, 2.75) is 19.9 Å². The Hall–Kier alpha value is -2.41. The molecule has 138 valence electrons. The fourth-order valence-electron chi connectivity index (χ4n) is 3.42. The molecule has 0 bridgehead atoms. The number of hydrogen-bond acceptors (Lipinski definition) is 6. The molecule has 1 atom stereocenters. The second-order valence-electron chi connectivity index (χ2n) is 6.75. The minimum atomic E-state index is -0.343. The van der Waals surface area contributed by atoms with Gasteiger partial charge in [-0.3, -0.25) is 4.90 Å². The molecular weight excluding hydrogens is 335 g/mol. The molecule has 2 aromatic heterocycles. The van der Waals surface area contributed by atoms with Gasteiger partial charge in [0.25, 0.3) is 5.88 Å². The van der Waals surface area contributed by atoms with Gasteiger partial charge in [0.05, 0.1) is 11.7 Å². The lowest BCUT2D eigenvalue weighted by Crippen LogP contribution is -2.47. The Morgan fingerprint density at radius 2 is 1.88 bits per heavy atom. The van der Waals surface area contributed by atoms with Gasteiger partial charge in [0.1, 0.15) is 24.8 Å². The highest BCUT2D eigenvalue weighted by Crippen LogP contribution is 2.33. The molecule has 0 spiro atoms. The number of halogens is 1. The Balaban J connectivity index is 1.45. The van der Waals surface area contributed by atoms with Crippen molar-refractivity contribution in [2.75, 3.05) is 44.3 Å². The van der Waals surface area contributed by atoms with Gasteiger partial charge in [0.15, 0.2) is 5.75 Å². The maximum absolute atomic E-state index is 14.5. The van der Waals surface area contributed by atoms with Gasteiger partial charge in [0.2, 0.25) is 0 Å². The molecule has 2 aliphatic heterocycles. The molecule has 7 heteroatoms. The van der Waals surface area contributed by atoms with Gasteiger partial charge in [0, 0.05) is 38.4 Å². The number of rotatable bonds is 3. The molecule has 0 N–H and O–H groups in total. The van der Waals surface area contributed by atoms with Crippen molar-refractivity contribution in [2.24, 2.45) is 0 Å². The van der Waals surface area contributed by atoms with Gasteiger partial charge in [-0.15, -0.1) is 0 Å². The minimum Gasteiger partial charge on any atom is -0.484 e. The van der Waals surface area contributed by atoms with Crippen LogP contribution in [0, 0.1) is 12.7 Å². The maximum atomic E-state index is 14.5. The van der Waals surface area contributed by atoms with E-state index in [0.29, 0.717) is 30.5 Å². The number of aromatic nitrogens is 2. The minimum absolute atomic E-state index is 0.126. The van der Waals surface area contributed by atoms with E-state index in [4.69, 9.17) is 9.47 Å². The number of pyridine rings is 2. The summed E-state index contributed by atoms with van der Waals surface area (Å²) < 4.78 is 25.4. The molecule has 1 saturated heterocycles. The zero-order valence-electron chi connectivity index (χ0n) is 15.1. The zero-order chi connectivity index (χ0) is 18.1. The van der Waals surface area contributed by atoms with Crippen LogP contribution in [0.4, 0.5) is 10.2 Å². The van der Waals surface area contributed by atoms with Crippen LogP contribution >= 0.6 is 0 Å². The van der Waals surface area contributed by atoms with Crippen LogP contribution in [-0.4, -0.2) is 54.3 Å². The van der Waals surface area contributed by atoms with Crippen LogP contribution < -0.4 is 14.4 Å². The van der Waals surface area contributed by atoms with Gasteiger partial charge in [-0.25, -0.2) is 14.4 Å². The van der Waals surface area contributed by atoms with Crippen LogP contribution in [0.3, 0.4) is 0 Å². The summed E-state index contributed by atoms with van der Waals surface area (Å²) in [4.78, 5) is 13.4. The SMILES string of the molecule is Cc1ccc(N2CCN(C(C)c3nc4c(cc3F)OCCO4)CC2)nc1. The third-order valence-corrected chi connectivity index (χ3v) is 4.99. The van der Waals surface area contributed by atoms with Crippen LogP contribution in [0.15, 0.2) is 24.4 Å². The second kappa shape index (κ2) is 7.07. The molecule has 0 saturated carbocycles. The van der Waals surface area contributed by atoms with E-state index in [9.17, 15) is 4.39 Å². The first-order valence-corrected chi connectivity index (χ1v) is 8.99. The first-order valence-electron chi connectivity index (χ1n) is 8.99. The van der Waals surface area contributed by atoms with E-state index in [1.165, 1.54) is 6.07 Å². The molecule has 0 aromatic carbocycles. The standard InChI is InChI=1S/C19H23FN4O2/c1-13-3-4-17(21-12-13)24-7-5-23(6-8-24)14(2)18-15(20)11-16-19(22-18)26-10-9-25-16/h3-4,11-12,14H,5-10H2,1-2H3. The normalized spacial score (nSPS) is 18.7. The Morgan fingerprint density at radius 1 is 1.12 bits per heavy atom. The Labute approximate surface area is 152 Å². The van der Waals surface area contributed by atoms with E-state index in [0.717, 1.165) is 37.6 Å². The van der Waals surface area contributed by atoms with Crippen LogP contribution in [0.2, 0.25) is 0 Å². The lowest BCUT2D eigenvalue weighted by molar-refractivity contribution is 0.157. The highest BCUT2D eigenvalue weighted by atomic mass is 19.1. The largest absolute Gasteiger partial charge is 0.484 e. The predicted octanol–water partition coefficient (Wildman–Crippen LogP) is 2.58. The number of aryl methyl sites for hydroxylation is 1. The van der Waals surface area contributed by atoms with Gasteiger partial charge in [-0.1, -0.05) is 6.07 Å². The fraction of sp³-hybridized carbons (Fsp3) is 0.474. The van der Waals surface area contributed by atoms with Crippen molar-refractivity contribution >= 4 is 5.82 Å². The molecule has 0 radical (unpaired) electrons. The lowest BCUT2D eigenvalue weighted by Gasteiger charge is -2.38. The molecule has 1 unspecified atom stereocenters. The number of nitrogens with zero attached hydrogens (tertiary/aromatic N) is 4. The average Bonchev–Trinajstić information content (AvgIpc) is 2.68. The number of hydrogen-bond donors (Lipinski definition) is 0. The Kier molecular flexibility index (Phi) is 4.63. The van der Waals surface area contributed by atoms with Crippen molar-refractivity contribution in [3.8, 4) is 11.6 Å². The Morgan fingerprint density at radius 3 is 2.62 bits per heavy atom. The fourth-order valence-corrected chi connectivity index (χ4v) is 3.42. The van der Waals surface area contributed by atoms with Crippen molar-refractivity contribution in [3.63, 3.8) is 0 Å². The summed E-state index contributed by atoms with van der Waals surface area (Å²) in [5, 5.41) is 0. The summed E-state index contributed by atoms with van der Waals surface area (Å²) in [6.07, 6.45) is 1.89. The van der Waals surface area contributed by atoms with Crippen molar-refractivity contribution in [3.05, 3.63) is 41.5 Å². The van der Waals surface area contributed by atoms with Crippen molar-refractivity contribution in [1.29, 1.82) is 0 Å². The van der Waals surface area contributed by atoms with Crippen LogP contribution in [0.5, 0.6) is 11.6 Å². The van der Waals surface area contributed by atoms with E-state index in [1.54, 1.807) is 0 Å². The average molecular weight is 358 g/mol. The predicted molar refractivity (Wildman–Crippen MR) is 96.4 cm³/mol. The second-order valence-corrected chi connectivity index (χ2v) is 6.75. The number of ether oxygens (including phenoxy) is 2. The first kappa shape index (κ1) is 17.0. The van der Waals surface area contributed by atoms with Gasteiger partial charge >= 0.3 is 0 Å². The molecule has 2 aromatic rings. The topological polar surface area (TPSA) is 50.7 Å². The first-order chi connectivity index (χ1) is 12.6. The summed E-state index contributed by atoms with van der Waals surface area (Å²) in [6.45, 7) is 8.25. The number of piperazine rings is 1. The van der Waals surface area contributed by atoms with Crippen LogP contribution in [0.1, 0.15) is 24.2 Å². The molecule has 6 nitrogen and oxygen atoms in total. The van der Waals surface area contributed by atoms with Gasteiger partial charge in [-0.05, 0) is 25.5 Å². The summed E-state index contributed by atoms with van der Waals surface area (Å²) in [6, 6.07) is 5.39. The van der Waals surface area contributed by atoms with Crippen LogP contribution in [-0.2, 0) is 0 Å². The quantitative estimate of drug-likeness (QED) is 0.841. The van der Waals surface area contributed by atoms with Gasteiger partial charge in [-0.2, -0.15) is 0 Å². The highest BCUT2D eigenvalue weighted by molar-refractivity contribution is 5.40. The van der Waals surface area contributed by atoms with Gasteiger partial charge < -0.3 is 14.4 Å². The monoisotopic (exact) mass is 358 g/mol. The van der Waals surface area contributed by atoms with E-state index in [2.05, 4.69) is 31.9 Å². The molecule has 4 rings (SSSR count). The number of anilines is 1. The zero-order valence-corrected chi connectivity index (χ0v) is 15.1. The smallest absolute Gasteiger partial charge is 0.257 e. The Bertz CT molecular complexity index is 776. The third kappa shape index (κ3) is 3.31. The van der Waals surface area contributed by atoms with Crippen molar-refractivity contribution < 1.29 is 13.9 Å². The molecule has 1 fully saturated rings. The van der Waals surface area contributed by atoms with Crippen molar-refractivity contribution in [1.82, 2.24) is 14.9 Å². The molecular formula is C19H23FN4O2. The summed E-state index contributed by atoms with van der Waals surface area (Å²) >= 11 is 0. The molecule has 0 amide bonds. The molecule has 26 heavy (non-hydrogen) atoms. The molecule has 2 aliphatic rings. The lowest BCUT2D eigenvalue weighted by atomic mass is 10.1. The summed E-state index contributed by atoms with van der Waals surface area (Å²) in [5.41, 5.74) is 1.57. The third-order valence-electron chi connectivity index (χ3n) is 4.99.